The second-order valence-electron chi connectivity index (χ2n) is 8.55. The lowest BCUT2D eigenvalue weighted by Crippen LogP contribution is -2.13. The Balaban J connectivity index is 1.65. The van der Waals surface area contributed by atoms with E-state index in [-0.39, 0.29) is 6.10 Å². The lowest BCUT2D eigenvalue weighted by Gasteiger charge is -2.10. The molecule has 0 saturated carbocycles. The van der Waals surface area contributed by atoms with Crippen molar-refractivity contribution in [2.75, 3.05) is 14.1 Å². The number of aromatic nitrogens is 3. The van der Waals surface area contributed by atoms with Crippen molar-refractivity contribution in [3.63, 3.8) is 0 Å². The summed E-state index contributed by atoms with van der Waals surface area (Å²) in [5.41, 5.74) is 4.48. The van der Waals surface area contributed by atoms with Gasteiger partial charge in [0.25, 0.3) is 0 Å². The van der Waals surface area contributed by atoms with Crippen LogP contribution in [-0.4, -0.2) is 39.5 Å². The predicted molar refractivity (Wildman–Crippen MR) is 127 cm³/mol. The van der Waals surface area contributed by atoms with E-state index in [4.69, 9.17) is 14.9 Å². The molecule has 4 rings (SSSR count). The van der Waals surface area contributed by atoms with E-state index in [1.807, 2.05) is 16.8 Å². The molecule has 0 amide bonds. The first-order chi connectivity index (χ1) is 14.9. The summed E-state index contributed by atoms with van der Waals surface area (Å²) in [5, 5.41) is 9.16. The molecule has 31 heavy (non-hydrogen) atoms. The Labute approximate surface area is 192 Å². The zero-order valence-electron chi connectivity index (χ0n) is 18.4. The van der Waals surface area contributed by atoms with Crippen molar-refractivity contribution < 1.29 is 4.84 Å². The van der Waals surface area contributed by atoms with Gasteiger partial charge in [-0.2, -0.15) is 5.10 Å². The van der Waals surface area contributed by atoms with Gasteiger partial charge in [0.15, 0.2) is 17.8 Å². The minimum Gasteiger partial charge on any atom is -0.384 e. The van der Waals surface area contributed by atoms with E-state index in [0.29, 0.717) is 18.3 Å². The first-order valence-corrected chi connectivity index (χ1v) is 11.3. The zero-order valence-corrected chi connectivity index (χ0v) is 20.0. The standard InChI is InChI=1S/C24H28BrN5O/c1-16(2)21-13-22(31-28-21)24-26-23(19-10-8-17(9-11-19)14-29(3)4)27-30(24)15-18-6-5-7-20(25)12-18/h5-12,16,22H,13-15H2,1-4H3. The van der Waals surface area contributed by atoms with Crippen molar-refractivity contribution >= 4 is 21.6 Å². The minimum atomic E-state index is -0.209. The summed E-state index contributed by atoms with van der Waals surface area (Å²) in [7, 11) is 4.14. The van der Waals surface area contributed by atoms with Gasteiger partial charge in [0.2, 0.25) is 0 Å². The Hall–Kier alpha value is -2.51. The van der Waals surface area contributed by atoms with Gasteiger partial charge >= 0.3 is 0 Å². The summed E-state index contributed by atoms with van der Waals surface area (Å²) < 4.78 is 3.00. The fraction of sp³-hybridized carbons (Fsp3) is 0.375. The van der Waals surface area contributed by atoms with Crippen molar-refractivity contribution in [1.29, 1.82) is 0 Å². The summed E-state index contributed by atoms with van der Waals surface area (Å²) >= 11 is 3.56. The van der Waals surface area contributed by atoms with Crippen LogP contribution < -0.4 is 0 Å². The molecule has 7 heteroatoms. The van der Waals surface area contributed by atoms with Gasteiger partial charge in [-0.25, -0.2) is 9.67 Å². The smallest absolute Gasteiger partial charge is 0.191 e. The Kier molecular flexibility index (Phi) is 6.53. The molecule has 2 aromatic carbocycles. The minimum absolute atomic E-state index is 0.209. The molecular weight excluding hydrogens is 454 g/mol. The Morgan fingerprint density at radius 3 is 2.55 bits per heavy atom. The van der Waals surface area contributed by atoms with Gasteiger partial charge in [-0.05, 0) is 43.3 Å². The number of halogens is 1. The highest BCUT2D eigenvalue weighted by molar-refractivity contribution is 9.10. The molecule has 162 valence electrons. The Morgan fingerprint density at radius 2 is 1.90 bits per heavy atom. The van der Waals surface area contributed by atoms with Crippen LogP contribution in [-0.2, 0) is 17.9 Å². The Bertz CT molecular complexity index is 1070. The monoisotopic (exact) mass is 481 g/mol. The third-order valence-corrected chi connectivity index (χ3v) is 5.77. The van der Waals surface area contributed by atoms with Crippen LogP contribution in [0.4, 0.5) is 0 Å². The molecule has 1 aliphatic heterocycles. The summed E-state index contributed by atoms with van der Waals surface area (Å²) in [4.78, 5) is 12.8. The van der Waals surface area contributed by atoms with Gasteiger partial charge in [-0.1, -0.05) is 71.3 Å². The molecule has 1 unspecified atom stereocenters. The van der Waals surface area contributed by atoms with Gasteiger partial charge in [0.05, 0.1) is 12.3 Å². The maximum absolute atomic E-state index is 5.78. The highest BCUT2D eigenvalue weighted by atomic mass is 79.9. The molecule has 0 spiro atoms. The molecule has 6 nitrogen and oxygen atoms in total. The van der Waals surface area contributed by atoms with Crippen molar-refractivity contribution in [3.8, 4) is 11.4 Å². The largest absolute Gasteiger partial charge is 0.384 e. The van der Waals surface area contributed by atoms with E-state index in [0.717, 1.165) is 40.1 Å². The molecule has 2 heterocycles. The second-order valence-corrected chi connectivity index (χ2v) is 9.47. The van der Waals surface area contributed by atoms with E-state index >= 15 is 0 Å². The topological polar surface area (TPSA) is 55.5 Å². The lowest BCUT2D eigenvalue weighted by atomic mass is 10.0. The van der Waals surface area contributed by atoms with Gasteiger partial charge < -0.3 is 9.74 Å². The molecule has 1 atom stereocenters. The van der Waals surface area contributed by atoms with E-state index in [9.17, 15) is 0 Å². The number of benzene rings is 2. The second kappa shape index (κ2) is 9.32. The third-order valence-electron chi connectivity index (χ3n) is 5.28. The maximum Gasteiger partial charge on any atom is 0.191 e. The number of nitrogens with zero attached hydrogens (tertiary/aromatic N) is 5. The van der Waals surface area contributed by atoms with Crippen molar-refractivity contribution in [2.24, 2.45) is 11.1 Å². The maximum atomic E-state index is 5.78. The quantitative estimate of drug-likeness (QED) is 0.459. The van der Waals surface area contributed by atoms with Gasteiger partial charge in [-0.15, -0.1) is 0 Å². The fourth-order valence-corrected chi connectivity index (χ4v) is 4.09. The first-order valence-electron chi connectivity index (χ1n) is 10.5. The van der Waals surface area contributed by atoms with Crippen molar-refractivity contribution in [1.82, 2.24) is 19.7 Å². The van der Waals surface area contributed by atoms with Crippen LogP contribution in [0.1, 0.15) is 43.3 Å². The normalized spacial score (nSPS) is 16.1. The highest BCUT2D eigenvalue weighted by Crippen LogP contribution is 2.30. The number of oxime groups is 1. The number of rotatable bonds is 7. The average molecular weight is 482 g/mol. The van der Waals surface area contributed by atoms with Crippen molar-refractivity contribution in [2.45, 2.75) is 39.5 Å². The van der Waals surface area contributed by atoms with E-state index < -0.39 is 0 Å². The van der Waals surface area contributed by atoms with E-state index in [2.05, 4.69) is 90.3 Å². The zero-order chi connectivity index (χ0) is 22.0. The predicted octanol–water partition coefficient (Wildman–Crippen LogP) is 5.29. The lowest BCUT2D eigenvalue weighted by molar-refractivity contribution is 0.0758. The molecular formula is C24H28BrN5O. The molecule has 1 aliphatic rings. The van der Waals surface area contributed by atoms with Crippen LogP contribution in [0.3, 0.4) is 0 Å². The summed E-state index contributed by atoms with van der Waals surface area (Å²) in [5.74, 6) is 1.88. The van der Waals surface area contributed by atoms with Crippen LogP contribution in [0.15, 0.2) is 58.2 Å². The van der Waals surface area contributed by atoms with Gasteiger partial charge in [0.1, 0.15) is 0 Å². The number of hydrogen-bond donors (Lipinski definition) is 0. The molecule has 0 N–H and O–H groups in total. The molecule has 0 saturated heterocycles. The summed E-state index contributed by atoms with van der Waals surface area (Å²) in [6.07, 6.45) is 0.537. The van der Waals surface area contributed by atoms with Gasteiger partial charge in [-0.3, -0.25) is 0 Å². The number of hydrogen-bond acceptors (Lipinski definition) is 5. The summed E-state index contributed by atoms with van der Waals surface area (Å²) in [6, 6.07) is 16.7. The SMILES string of the molecule is CC(C)C1=NOC(c2nc(-c3ccc(CN(C)C)cc3)nn2Cc2cccc(Br)c2)C1. The van der Waals surface area contributed by atoms with E-state index in [1.54, 1.807) is 0 Å². The van der Waals surface area contributed by atoms with Crippen LogP contribution >= 0.6 is 15.9 Å². The van der Waals surface area contributed by atoms with Crippen LogP contribution in [0.5, 0.6) is 0 Å². The molecule has 0 bridgehead atoms. The molecule has 0 fully saturated rings. The van der Waals surface area contributed by atoms with Crippen LogP contribution in [0, 0.1) is 5.92 Å². The summed E-state index contributed by atoms with van der Waals surface area (Å²) in [6.45, 7) is 5.80. The fourth-order valence-electron chi connectivity index (χ4n) is 3.64. The highest BCUT2D eigenvalue weighted by Gasteiger charge is 2.30. The van der Waals surface area contributed by atoms with Gasteiger partial charge in [0, 0.05) is 23.0 Å². The molecule has 0 aliphatic carbocycles. The van der Waals surface area contributed by atoms with Crippen LogP contribution in [0.2, 0.25) is 0 Å². The third kappa shape index (κ3) is 5.22. The molecule has 3 aromatic rings. The average Bonchev–Trinajstić information content (AvgIpc) is 3.35. The molecule has 1 aromatic heterocycles. The van der Waals surface area contributed by atoms with Crippen molar-refractivity contribution in [3.05, 3.63) is 70.0 Å². The van der Waals surface area contributed by atoms with Crippen LogP contribution in [0.25, 0.3) is 11.4 Å². The first kappa shape index (κ1) is 21.7. The van der Waals surface area contributed by atoms with E-state index in [1.165, 1.54) is 5.56 Å². The molecule has 0 radical (unpaired) electrons. The Morgan fingerprint density at radius 1 is 1.13 bits per heavy atom.